The van der Waals surface area contributed by atoms with Crippen LogP contribution in [0.2, 0.25) is 0 Å². The first-order chi connectivity index (χ1) is 11.1. The van der Waals surface area contributed by atoms with Crippen LogP contribution in [-0.2, 0) is 4.79 Å². The Balaban J connectivity index is 1.77. The second-order valence-corrected chi connectivity index (χ2v) is 5.19. The largest absolute Gasteiger partial charge is 0.484 e. The van der Waals surface area contributed by atoms with E-state index in [4.69, 9.17) is 4.74 Å². The summed E-state index contributed by atoms with van der Waals surface area (Å²) in [6, 6.07) is 17.5. The number of allylic oxidation sites excluding steroid dienone is 1. The number of aryl methyl sites for hydroxylation is 1. The van der Waals surface area contributed by atoms with E-state index in [0.29, 0.717) is 5.75 Å². The minimum atomic E-state index is -0.297. The lowest BCUT2D eigenvalue weighted by molar-refractivity contribution is -0.123. The van der Waals surface area contributed by atoms with Crippen LogP contribution in [-0.4, -0.2) is 18.7 Å². The zero-order valence-corrected chi connectivity index (χ0v) is 13.3. The van der Waals surface area contributed by atoms with Gasteiger partial charge in [0, 0.05) is 0 Å². The molecule has 1 amide bonds. The van der Waals surface area contributed by atoms with E-state index in [1.54, 1.807) is 6.21 Å². The third kappa shape index (κ3) is 6.18. The normalized spacial score (nSPS) is 11.5. The van der Waals surface area contributed by atoms with Gasteiger partial charge >= 0.3 is 0 Å². The highest BCUT2D eigenvalue weighted by Gasteiger charge is 2.00. The molecule has 0 atom stereocenters. The average Bonchev–Trinajstić information content (AvgIpc) is 2.55. The van der Waals surface area contributed by atoms with Crippen LogP contribution in [0, 0.1) is 6.92 Å². The summed E-state index contributed by atoms with van der Waals surface area (Å²) in [7, 11) is 0. The van der Waals surface area contributed by atoms with Crippen LogP contribution < -0.4 is 10.2 Å². The number of carbonyl (C=O) groups excluding carboxylic acids is 1. The van der Waals surface area contributed by atoms with Crippen LogP contribution in [0.3, 0.4) is 0 Å². The molecule has 1 N–H and O–H groups in total. The molecule has 0 spiro atoms. The summed E-state index contributed by atoms with van der Waals surface area (Å²) in [5.74, 6) is 0.365. The Kier molecular flexibility index (Phi) is 6.12. The van der Waals surface area contributed by atoms with Crippen LogP contribution in [0.15, 0.2) is 65.3 Å². The second-order valence-electron chi connectivity index (χ2n) is 5.19. The Morgan fingerprint density at radius 1 is 1.13 bits per heavy atom. The molecule has 0 heterocycles. The van der Waals surface area contributed by atoms with Crippen molar-refractivity contribution in [1.29, 1.82) is 0 Å². The SMILES string of the molecule is CC(/C=N\NC(=O)COc1ccc(C)cc1)=C/c1ccccc1. The quantitative estimate of drug-likeness (QED) is 0.655. The molecule has 0 saturated carbocycles. The van der Waals surface area contributed by atoms with Crippen molar-refractivity contribution in [2.75, 3.05) is 6.61 Å². The Labute approximate surface area is 136 Å². The van der Waals surface area contributed by atoms with Crippen LogP contribution in [0.4, 0.5) is 0 Å². The van der Waals surface area contributed by atoms with Crippen molar-refractivity contribution in [1.82, 2.24) is 5.43 Å². The van der Waals surface area contributed by atoms with Gasteiger partial charge in [0.25, 0.3) is 5.91 Å². The van der Waals surface area contributed by atoms with E-state index in [9.17, 15) is 4.79 Å². The number of ether oxygens (including phenoxy) is 1. The predicted octanol–water partition coefficient (Wildman–Crippen LogP) is 3.58. The smallest absolute Gasteiger partial charge is 0.277 e. The van der Waals surface area contributed by atoms with Gasteiger partial charge in [-0.15, -0.1) is 0 Å². The number of nitrogens with zero attached hydrogens (tertiary/aromatic N) is 1. The molecule has 0 saturated heterocycles. The van der Waals surface area contributed by atoms with Gasteiger partial charge in [-0.3, -0.25) is 4.79 Å². The molecule has 2 rings (SSSR count). The number of hydrogen-bond donors (Lipinski definition) is 1. The number of nitrogens with one attached hydrogen (secondary N) is 1. The molecule has 118 valence electrons. The Bertz CT molecular complexity index is 689. The molecule has 0 unspecified atom stereocenters. The van der Waals surface area contributed by atoms with Crippen LogP contribution in [0.1, 0.15) is 18.1 Å². The third-order valence-corrected chi connectivity index (χ3v) is 3.04. The van der Waals surface area contributed by atoms with Gasteiger partial charge in [-0.05, 0) is 37.1 Å². The van der Waals surface area contributed by atoms with E-state index in [-0.39, 0.29) is 12.5 Å². The molecule has 23 heavy (non-hydrogen) atoms. The monoisotopic (exact) mass is 308 g/mol. The molecule has 0 radical (unpaired) electrons. The van der Waals surface area contributed by atoms with Crippen LogP contribution >= 0.6 is 0 Å². The Morgan fingerprint density at radius 3 is 2.52 bits per heavy atom. The van der Waals surface area contributed by atoms with Gasteiger partial charge in [0.15, 0.2) is 6.61 Å². The molecule has 0 aliphatic heterocycles. The van der Waals surface area contributed by atoms with Crippen molar-refractivity contribution in [3.05, 3.63) is 71.3 Å². The van der Waals surface area contributed by atoms with Gasteiger partial charge in [-0.1, -0.05) is 54.1 Å². The van der Waals surface area contributed by atoms with Crippen molar-refractivity contribution in [3.8, 4) is 5.75 Å². The minimum Gasteiger partial charge on any atom is -0.484 e. The van der Waals surface area contributed by atoms with Crippen molar-refractivity contribution >= 4 is 18.2 Å². The van der Waals surface area contributed by atoms with Crippen molar-refractivity contribution in [2.24, 2.45) is 5.10 Å². The number of rotatable bonds is 6. The highest BCUT2D eigenvalue weighted by Crippen LogP contribution is 2.10. The van der Waals surface area contributed by atoms with Gasteiger partial charge in [0.05, 0.1) is 6.21 Å². The van der Waals surface area contributed by atoms with E-state index in [1.807, 2.05) is 74.5 Å². The van der Waals surface area contributed by atoms with Crippen molar-refractivity contribution in [2.45, 2.75) is 13.8 Å². The zero-order chi connectivity index (χ0) is 16.5. The fourth-order valence-electron chi connectivity index (χ4n) is 1.87. The highest BCUT2D eigenvalue weighted by atomic mass is 16.5. The Morgan fingerprint density at radius 2 is 1.83 bits per heavy atom. The number of carbonyl (C=O) groups is 1. The summed E-state index contributed by atoms with van der Waals surface area (Å²) in [6.07, 6.45) is 3.59. The van der Waals surface area contributed by atoms with Crippen molar-refractivity contribution in [3.63, 3.8) is 0 Å². The van der Waals surface area contributed by atoms with Gasteiger partial charge in [-0.2, -0.15) is 5.10 Å². The lowest BCUT2D eigenvalue weighted by Gasteiger charge is -2.05. The zero-order valence-electron chi connectivity index (χ0n) is 13.3. The van der Waals surface area contributed by atoms with Gasteiger partial charge in [0.1, 0.15) is 5.75 Å². The topological polar surface area (TPSA) is 50.7 Å². The third-order valence-electron chi connectivity index (χ3n) is 3.04. The maximum Gasteiger partial charge on any atom is 0.277 e. The first-order valence-corrected chi connectivity index (χ1v) is 7.38. The number of hydrogen-bond acceptors (Lipinski definition) is 3. The Hall–Kier alpha value is -2.88. The molecule has 0 aliphatic carbocycles. The molecule has 0 fully saturated rings. The van der Waals surface area contributed by atoms with Crippen LogP contribution in [0.25, 0.3) is 6.08 Å². The van der Waals surface area contributed by atoms with Gasteiger partial charge in [0.2, 0.25) is 0 Å². The summed E-state index contributed by atoms with van der Waals surface area (Å²) >= 11 is 0. The first-order valence-electron chi connectivity index (χ1n) is 7.38. The molecule has 2 aromatic rings. The molecule has 0 aromatic heterocycles. The maximum absolute atomic E-state index is 11.7. The van der Waals surface area contributed by atoms with E-state index in [0.717, 1.165) is 16.7 Å². The summed E-state index contributed by atoms with van der Waals surface area (Å²) in [4.78, 5) is 11.7. The molecule has 4 heteroatoms. The first kappa shape index (κ1) is 16.5. The van der Waals surface area contributed by atoms with Gasteiger partial charge in [-0.25, -0.2) is 5.43 Å². The van der Waals surface area contributed by atoms with E-state index < -0.39 is 0 Å². The van der Waals surface area contributed by atoms with Crippen molar-refractivity contribution < 1.29 is 9.53 Å². The lowest BCUT2D eigenvalue weighted by Crippen LogP contribution is -2.24. The summed E-state index contributed by atoms with van der Waals surface area (Å²) in [5, 5.41) is 3.92. The molecular formula is C19H20N2O2. The fourth-order valence-corrected chi connectivity index (χ4v) is 1.87. The molecular weight excluding hydrogens is 288 g/mol. The fraction of sp³-hybridized carbons (Fsp3) is 0.158. The highest BCUT2D eigenvalue weighted by molar-refractivity contribution is 5.86. The van der Waals surface area contributed by atoms with Crippen LogP contribution in [0.5, 0.6) is 5.75 Å². The molecule has 2 aromatic carbocycles. The summed E-state index contributed by atoms with van der Waals surface area (Å²) in [6.45, 7) is 3.85. The molecule has 4 nitrogen and oxygen atoms in total. The maximum atomic E-state index is 11.7. The van der Waals surface area contributed by atoms with E-state index >= 15 is 0 Å². The summed E-state index contributed by atoms with van der Waals surface area (Å²) in [5.41, 5.74) is 5.62. The summed E-state index contributed by atoms with van der Waals surface area (Å²) < 4.78 is 5.38. The predicted molar refractivity (Wildman–Crippen MR) is 93.4 cm³/mol. The number of amides is 1. The number of hydrazone groups is 1. The lowest BCUT2D eigenvalue weighted by atomic mass is 10.1. The average molecular weight is 308 g/mol. The minimum absolute atomic E-state index is 0.0676. The number of benzene rings is 2. The molecule has 0 aliphatic rings. The van der Waals surface area contributed by atoms with E-state index in [1.165, 1.54) is 0 Å². The second kappa shape index (κ2) is 8.54. The molecule has 0 bridgehead atoms. The standard InChI is InChI=1S/C19H20N2O2/c1-15-8-10-18(11-9-15)23-14-19(22)21-20-13-16(2)12-17-6-4-3-5-7-17/h3-13H,14H2,1-2H3,(H,21,22)/b16-12-,20-13-. The van der Waals surface area contributed by atoms with E-state index in [2.05, 4.69) is 10.5 Å². The van der Waals surface area contributed by atoms with Gasteiger partial charge < -0.3 is 4.74 Å².